The third-order valence-corrected chi connectivity index (χ3v) is 4.69. The van der Waals surface area contributed by atoms with Gasteiger partial charge in [-0.3, -0.25) is 4.79 Å². The Morgan fingerprint density at radius 3 is 2.52 bits per heavy atom. The average molecular weight is 354 g/mol. The number of rotatable bonds is 5. The van der Waals surface area contributed by atoms with Gasteiger partial charge in [0.25, 0.3) is 0 Å². The number of nitrogens with zero attached hydrogens (tertiary/aromatic N) is 1. The Morgan fingerprint density at radius 1 is 1.29 bits per heavy atom. The largest absolute Gasteiger partial charge is 0.325 e. The van der Waals surface area contributed by atoms with Gasteiger partial charge in [0.2, 0.25) is 5.91 Å². The molecule has 0 atom stereocenters. The highest BCUT2D eigenvalue weighted by molar-refractivity contribution is 9.10. The SMILES string of the molecule is CN1CCC(C)(CNCC(=O)Nc2ccc(Br)cc2)CC1. The van der Waals surface area contributed by atoms with Gasteiger partial charge in [0.15, 0.2) is 0 Å². The zero-order valence-electron chi connectivity index (χ0n) is 12.8. The summed E-state index contributed by atoms with van der Waals surface area (Å²) in [5, 5.41) is 6.20. The van der Waals surface area contributed by atoms with Crippen molar-refractivity contribution in [1.29, 1.82) is 0 Å². The van der Waals surface area contributed by atoms with Crippen LogP contribution in [0.2, 0.25) is 0 Å². The van der Waals surface area contributed by atoms with Gasteiger partial charge in [-0.25, -0.2) is 0 Å². The zero-order chi connectivity index (χ0) is 15.3. The second-order valence-electron chi connectivity index (χ2n) is 6.27. The number of piperidine rings is 1. The summed E-state index contributed by atoms with van der Waals surface area (Å²) in [5.74, 6) is 0.00819. The van der Waals surface area contributed by atoms with Crippen molar-refractivity contribution in [3.05, 3.63) is 28.7 Å². The molecule has 1 aromatic rings. The molecule has 0 saturated carbocycles. The summed E-state index contributed by atoms with van der Waals surface area (Å²) in [6.45, 7) is 5.85. The van der Waals surface area contributed by atoms with E-state index in [1.54, 1.807) is 0 Å². The van der Waals surface area contributed by atoms with Gasteiger partial charge in [-0.2, -0.15) is 0 Å². The summed E-state index contributed by atoms with van der Waals surface area (Å²) >= 11 is 3.38. The number of anilines is 1. The molecule has 1 amide bonds. The molecule has 0 aromatic heterocycles. The number of amides is 1. The molecule has 2 N–H and O–H groups in total. The van der Waals surface area contributed by atoms with Crippen molar-refractivity contribution in [2.45, 2.75) is 19.8 Å². The molecule has 21 heavy (non-hydrogen) atoms. The quantitative estimate of drug-likeness (QED) is 0.855. The highest BCUT2D eigenvalue weighted by Gasteiger charge is 2.28. The molecular formula is C16H24BrN3O. The predicted octanol–water partition coefficient (Wildman–Crippen LogP) is 2.71. The van der Waals surface area contributed by atoms with Gasteiger partial charge in [-0.15, -0.1) is 0 Å². The maximum absolute atomic E-state index is 11.9. The highest BCUT2D eigenvalue weighted by atomic mass is 79.9. The van der Waals surface area contributed by atoms with Crippen molar-refractivity contribution >= 4 is 27.5 Å². The van der Waals surface area contributed by atoms with Crippen LogP contribution in [0.4, 0.5) is 5.69 Å². The molecule has 1 saturated heterocycles. The van der Waals surface area contributed by atoms with Crippen LogP contribution < -0.4 is 10.6 Å². The number of benzene rings is 1. The van der Waals surface area contributed by atoms with Gasteiger partial charge in [-0.1, -0.05) is 22.9 Å². The summed E-state index contributed by atoms with van der Waals surface area (Å²) in [6, 6.07) is 7.62. The van der Waals surface area contributed by atoms with E-state index in [-0.39, 0.29) is 5.91 Å². The third-order valence-electron chi connectivity index (χ3n) is 4.16. The molecule has 1 aromatic carbocycles. The smallest absolute Gasteiger partial charge is 0.238 e. The number of likely N-dealkylation sites (tertiary alicyclic amines) is 1. The fraction of sp³-hybridized carbons (Fsp3) is 0.562. The summed E-state index contributed by atoms with van der Waals surface area (Å²) in [5.41, 5.74) is 1.14. The van der Waals surface area contributed by atoms with Gasteiger partial charge < -0.3 is 15.5 Å². The first-order valence-corrected chi connectivity index (χ1v) is 8.21. The number of hydrogen-bond donors (Lipinski definition) is 2. The summed E-state index contributed by atoms with van der Waals surface area (Å²) in [7, 11) is 2.17. The number of hydrogen-bond acceptors (Lipinski definition) is 3. The number of carbonyl (C=O) groups excluding carboxylic acids is 1. The number of halogens is 1. The second kappa shape index (κ2) is 7.38. The first-order valence-electron chi connectivity index (χ1n) is 7.42. The fourth-order valence-electron chi connectivity index (χ4n) is 2.55. The zero-order valence-corrected chi connectivity index (χ0v) is 14.4. The van der Waals surface area contributed by atoms with E-state index in [9.17, 15) is 4.79 Å². The Morgan fingerprint density at radius 2 is 1.90 bits per heavy atom. The van der Waals surface area contributed by atoms with E-state index >= 15 is 0 Å². The molecule has 2 rings (SSSR count). The average Bonchev–Trinajstić information content (AvgIpc) is 2.45. The molecule has 0 bridgehead atoms. The molecule has 1 aliphatic rings. The van der Waals surface area contributed by atoms with Gasteiger partial charge in [0.05, 0.1) is 6.54 Å². The predicted molar refractivity (Wildman–Crippen MR) is 90.5 cm³/mol. The van der Waals surface area contributed by atoms with Crippen LogP contribution in [0.1, 0.15) is 19.8 Å². The topological polar surface area (TPSA) is 44.4 Å². The van der Waals surface area contributed by atoms with E-state index in [0.717, 1.165) is 29.8 Å². The van der Waals surface area contributed by atoms with Crippen LogP contribution in [-0.4, -0.2) is 44.0 Å². The minimum Gasteiger partial charge on any atom is -0.325 e. The van der Waals surface area contributed by atoms with Crippen molar-refractivity contribution in [2.75, 3.05) is 38.5 Å². The number of nitrogens with one attached hydrogen (secondary N) is 2. The minimum atomic E-state index is 0.00819. The van der Waals surface area contributed by atoms with Crippen LogP contribution in [0, 0.1) is 5.41 Å². The van der Waals surface area contributed by atoms with Crippen LogP contribution in [0.5, 0.6) is 0 Å². The van der Waals surface area contributed by atoms with Crippen LogP contribution in [0.25, 0.3) is 0 Å². The lowest BCUT2D eigenvalue weighted by Gasteiger charge is -2.38. The van der Waals surface area contributed by atoms with E-state index in [1.165, 1.54) is 12.8 Å². The van der Waals surface area contributed by atoms with Crippen LogP contribution >= 0.6 is 15.9 Å². The van der Waals surface area contributed by atoms with Gasteiger partial charge in [-0.05, 0) is 62.7 Å². The molecular weight excluding hydrogens is 330 g/mol. The molecule has 1 heterocycles. The first-order chi connectivity index (χ1) is 9.97. The van der Waals surface area contributed by atoms with E-state index in [1.807, 2.05) is 24.3 Å². The van der Waals surface area contributed by atoms with Gasteiger partial charge >= 0.3 is 0 Å². The molecule has 0 radical (unpaired) electrons. The molecule has 5 heteroatoms. The van der Waals surface area contributed by atoms with E-state index in [4.69, 9.17) is 0 Å². The molecule has 4 nitrogen and oxygen atoms in total. The van der Waals surface area contributed by atoms with Crippen molar-refractivity contribution in [1.82, 2.24) is 10.2 Å². The van der Waals surface area contributed by atoms with Gasteiger partial charge in [0.1, 0.15) is 0 Å². The monoisotopic (exact) mass is 353 g/mol. The minimum absolute atomic E-state index is 0.00819. The summed E-state index contributed by atoms with van der Waals surface area (Å²) < 4.78 is 1.01. The van der Waals surface area contributed by atoms with E-state index in [2.05, 4.69) is 45.4 Å². The lowest BCUT2D eigenvalue weighted by atomic mass is 9.80. The van der Waals surface area contributed by atoms with Gasteiger partial charge in [0, 0.05) is 16.7 Å². The molecule has 1 aliphatic heterocycles. The van der Waals surface area contributed by atoms with Crippen molar-refractivity contribution in [3.63, 3.8) is 0 Å². The van der Waals surface area contributed by atoms with E-state index in [0.29, 0.717) is 12.0 Å². The molecule has 116 valence electrons. The lowest BCUT2D eigenvalue weighted by Crippen LogP contribution is -2.43. The molecule has 0 spiro atoms. The van der Waals surface area contributed by atoms with Crippen LogP contribution in [0.3, 0.4) is 0 Å². The first kappa shape index (κ1) is 16.5. The molecule has 0 unspecified atom stereocenters. The maximum atomic E-state index is 11.9. The lowest BCUT2D eigenvalue weighted by molar-refractivity contribution is -0.115. The van der Waals surface area contributed by atoms with E-state index < -0.39 is 0 Å². The maximum Gasteiger partial charge on any atom is 0.238 e. The normalized spacial score (nSPS) is 18.4. The molecule has 1 fully saturated rings. The summed E-state index contributed by atoms with van der Waals surface area (Å²) in [4.78, 5) is 14.3. The Labute approximate surface area is 135 Å². The second-order valence-corrected chi connectivity index (χ2v) is 7.19. The van der Waals surface area contributed by atoms with Crippen molar-refractivity contribution in [3.8, 4) is 0 Å². The Bertz CT molecular complexity index is 467. The fourth-order valence-corrected chi connectivity index (χ4v) is 2.82. The summed E-state index contributed by atoms with van der Waals surface area (Å²) in [6.07, 6.45) is 2.37. The number of carbonyl (C=O) groups is 1. The Hall–Kier alpha value is -0.910. The third kappa shape index (κ3) is 5.41. The van der Waals surface area contributed by atoms with Crippen LogP contribution in [0.15, 0.2) is 28.7 Å². The van der Waals surface area contributed by atoms with Crippen molar-refractivity contribution < 1.29 is 4.79 Å². The Kier molecular flexibility index (Phi) is 5.79. The van der Waals surface area contributed by atoms with Crippen molar-refractivity contribution in [2.24, 2.45) is 5.41 Å². The Balaban J connectivity index is 1.70. The highest BCUT2D eigenvalue weighted by Crippen LogP contribution is 2.29. The standard InChI is InChI=1S/C16H24BrN3O/c1-16(7-9-20(2)10-8-16)12-18-11-15(21)19-14-5-3-13(17)4-6-14/h3-6,18H,7-12H2,1-2H3,(H,19,21). The molecule has 0 aliphatic carbocycles. The van der Waals surface area contributed by atoms with Crippen LogP contribution in [-0.2, 0) is 4.79 Å².